The zero-order valence-corrected chi connectivity index (χ0v) is 15.4. The molecule has 0 saturated carbocycles. The van der Waals surface area contributed by atoms with E-state index in [1.807, 2.05) is 0 Å². The number of halogens is 1. The summed E-state index contributed by atoms with van der Waals surface area (Å²) in [6.07, 6.45) is 2.14. The summed E-state index contributed by atoms with van der Waals surface area (Å²) >= 11 is 0. The average Bonchev–Trinajstić information content (AvgIpc) is 3.07. The van der Waals surface area contributed by atoms with Crippen molar-refractivity contribution in [1.82, 2.24) is 5.32 Å². The quantitative estimate of drug-likeness (QED) is 0.616. The first-order chi connectivity index (χ1) is 11.5. The van der Waals surface area contributed by atoms with E-state index in [1.54, 1.807) is 38.1 Å². The lowest BCUT2D eigenvalue weighted by Crippen LogP contribution is -2.35. The predicted molar refractivity (Wildman–Crippen MR) is 101 cm³/mol. The summed E-state index contributed by atoms with van der Waals surface area (Å²) in [5.41, 5.74) is 7.03. The molecule has 0 aromatic heterocycles. The molecule has 3 amide bonds. The van der Waals surface area contributed by atoms with Gasteiger partial charge in [-0.25, -0.2) is 4.79 Å². The molecule has 1 aliphatic heterocycles. The van der Waals surface area contributed by atoms with Crippen LogP contribution in [0, 0.1) is 5.92 Å². The van der Waals surface area contributed by atoms with Gasteiger partial charge in [-0.3, -0.25) is 4.79 Å². The molecule has 2 rings (SSSR count). The molecule has 0 aliphatic carbocycles. The molecule has 5 N–H and O–H groups in total. The van der Waals surface area contributed by atoms with Crippen molar-refractivity contribution in [1.29, 1.82) is 0 Å². The van der Waals surface area contributed by atoms with E-state index in [0.717, 1.165) is 19.4 Å². The van der Waals surface area contributed by atoms with Crippen LogP contribution in [0.4, 0.5) is 16.2 Å². The molecule has 1 saturated heterocycles. The van der Waals surface area contributed by atoms with E-state index in [9.17, 15) is 9.59 Å². The highest BCUT2D eigenvalue weighted by molar-refractivity contribution is 5.93. The fourth-order valence-corrected chi connectivity index (χ4v) is 2.32. The van der Waals surface area contributed by atoms with Gasteiger partial charge in [0.15, 0.2) is 0 Å². The van der Waals surface area contributed by atoms with Crippen LogP contribution in [-0.4, -0.2) is 37.2 Å². The van der Waals surface area contributed by atoms with Crippen LogP contribution in [0.5, 0.6) is 0 Å². The predicted octanol–water partition coefficient (Wildman–Crippen LogP) is 2.33. The van der Waals surface area contributed by atoms with E-state index in [0.29, 0.717) is 17.9 Å². The molecule has 1 aliphatic rings. The molecular formula is C17H27ClN4O3. The number of carbonyl (C=O) groups is 2. The van der Waals surface area contributed by atoms with Crippen LogP contribution in [0.1, 0.15) is 26.7 Å². The third-order valence-corrected chi connectivity index (χ3v) is 4.13. The maximum Gasteiger partial charge on any atom is 0.319 e. The Kier molecular flexibility index (Phi) is 8.68. The topological polar surface area (TPSA) is 105 Å². The first kappa shape index (κ1) is 21.2. The van der Waals surface area contributed by atoms with Crippen LogP contribution in [0.2, 0.25) is 0 Å². The second-order valence-corrected chi connectivity index (χ2v) is 6.18. The number of urea groups is 1. The van der Waals surface area contributed by atoms with Crippen molar-refractivity contribution in [3.8, 4) is 0 Å². The summed E-state index contributed by atoms with van der Waals surface area (Å²) in [5.74, 6) is -0.397. The molecule has 3 atom stereocenters. The molecule has 3 unspecified atom stereocenters. The monoisotopic (exact) mass is 370 g/mol. The minimum absolute atomic E-state index is 0. The lowest BCUT2D eigenvalue weighted by atomic mass is 10.0. The zero-order valence-electron chi connectivity index (χ0n) is 14.6. The Labute approximate surface area is 154 Å². The van der Waals surface area contributed by atoms with E-state index in [2.05, 4.69) is 16.0 Å². The normalized spacial score (nSPS) is 18.6. The molecule has 1 heterocycles. The molecule has 7 nitrogen and oxygen atoms in total. The Hall–Kier alpha value is -1.83. The summed E-state index contributed by atoms with van der Waals surface area (Å²) in [5, 5.41) is 8.34. The van der Waals surface area contributed by atoms with Crippen molar-refractivity contribution in [2.75, 3.05) is 23.8 Å². The van der Waals surface area contributed by atoms with Gasteiger partial charge in [-0.15, -0.1) is 12.4 Å². The van der Waals surface area contributed by atoms with Crippen LogP contribution < -0.4 is 21.7 Å². The lowest BCUT2D eigenvalue weighted by molar-refractivity contribution is -0.119. The van der Waals surface area contributed by atoms with Gasteiger partial charge in [0, 0.05) is 30.6 Å². The van der Waals surface area contributed by atoms with Crippen LogP contribution in [-0.2, 0) is 9.53 Å². The number of nitrogens with one attached hydrogen (secondary N) is 3. The molecule has 1 aromatic carbocycles. The standard InChI is InChI=1S/C17H26N4O3.ClH/c1-11(12(2)18)16(22)20-13-5-7-14(8-6-13)21-17(23)19-10-15-4-3-9-24-15;/h5-8,11-12,15H,3-4,9-10,18H2,1-2H3,(H,20,22)(H2,19,21,23);1H. The van der Waals surface area contributed by atoms with Gasteiger partial charge in [-0.05, 0) is 44.0 Å². The van der Waals surface area contributed by atoms with Crippen molar-refractivity contribution in [2.24, 2.45) is 11.7 Å². The Morgan fingerprint density at radius 3 is 2.32 bits per heavy atom. The first-order valence-corrected chi connectivity index (χ1v) is 8.28. The van der Waals surface area contributed by atoms with Crippen molar-refractivity contribution >= 4 is 35.7 Å². The summed E-state index contributed by atoms with van der Waals surface area (Å²) in [6.45, 7) is 4.86. The second kappa shape index (κ2) is 10.2. The van der Waals surface area contributed by atoms with Gasteiger partial charge in [-0.1, -0.05) is 6.92 Å². The molecule has 0 radical (unpaired) electrons. The fourth-order valence-electron chi connectivity index (χ4n) is 2.32. The third-order valence-electron chi connectivity index (χ3n) is 4.13. The van der Waals surface area contributed by atoms with Gasteiger partial charge in [0.1, 0.15) is 0 Å². The maximum atomic E-state index is 11.9. The van der Waals surface area contributed by atoms with Gasteiger partial charge in [0.2, 0.25) is 5.91 Å². The minimum Gasteiger partial charge on any atom is -0.376 e. The van der Waals surface area contributed by atoms with Crippen molar-refractivity contribution in [3.63, 3.8) is 0 Å². The molecule has 0 bridgehead atoms. The summed E-state index contributed by atoms with van der Waals surface area (Å²) in [7, 11) is 0. The fraction of sp³-hybridized carbons (Fsp3) is 0.529. The maximum absolute atomic E-state index is 11.9. The number of amides is 3. The number of anilines is 2. The van der Waals surface area contributed by atoms with E-state index >= 15 is 0 Å². The van der Waals surface area contributed by atoms with Gasteiger partial charge in [0.05, 0.1) is 12.0 Å². The van der Waals surface area contributed by atoms with Crippen molar-refractivity contribution in [3.05, 3.63) is 24.3 Å². The molecular weight excluding hydrogens is 344 g/mol. The smallest absolute Gasteiger partial charge is 0.319 e. The number of carbonyl (C=O) groups excluding carboxylic acids is 2. The highest BCUT2D eigenvalue weighted by Gasteiger charge is 2.17. The molecule has 0 spiro atoms. The molecule has 1 aromatic rings. The Morgan fingerprint density at radius 1 is 1.20 bits per heavy atom. The number of hydrogen-bond donors (Lipinski definition) is 4. The Bertz CT molecular complexity index is 560. The van der Waals surface area contributed by atoms with Gasteiger partial charge >= 0.3 is 6.03 Å². The van der Waals surface area contributed by atoms with E-state index in [4.69, 9.17) is 10.5 Å². The molecule has 1 fully saturated rings. The average molecular weight is 371 g/mol. The largest absolute Gasteiger partial charge is 0.376 e. The highest BCUT2D eigenvalue weighted by atomic mass is 35.5. The van der Waals surface area contributed by atoms with Crippen LogP contribution in [0.25, 0.3) is 0 Å². The van der Waals surface area contributed by atoms with E-state index < -0.39 is 0 Å². The lowest BCUT2D eigenvalue weighted by Gasteiger charge is -2.15. The second-order valence-electron chi connectivity index (χ2n) is 6.18. The Morgan fingerprint density at radius 2 is 1.80 bits per heavy atom. The molecule has 8 heteroatoms. The van der Waals surface area contributed by atoms with Gasteiger partial charge < -0.3 is 26.4 Å². The number of benzene rings is 1. The third kappa shape index (κ3) is 6.89. The zero-order chi connectivity index (χ0) is 17.5. The summed E-state index contributed by atoms with van der Waals surface area (Å²) < 4.78 is 5.45. The van der Waals surface area contributed by atoms with Crippen LogP contribution in [0.3, 0.4) is 0 Å². The highest BCUT2D eigenvalue weighted by Crippen LogP contribution is 2.15. The van der Waals surface area contributed by atoms with Crippen molar-refractivity contribution in [2.45, 2.75) is 38.8 Å². The van der Waals surface area contributed by atoms with E-state index in [1.165, 1.54) is 0 Å². The van der Waals surface area contributed by atoms with Gasteiger partial charge in [-0.2, -0.15) is 0 Å². The number of nitrogens with two attached hydrogens (primary N) is 1. The number of rotatable bonds is 6. The first-order valence-electron chi connectivity index (χ1n) is 8.28. The van der Waals surface area contributed by atoms with E-state index in [-0.39, 0.29) is 42.4 Å². The molecule has 25 heavy (non-hydrogen) atoms. The van der Waals surface area contributed by atoms with Crippen LogP contribution >= 0.6 is 12.4 Å². The summed E-state index contributed by atoms with van der Waals surface area (Å²) in [4.78, 5) is 23.8. The van der Waals surface area contributed by atoms with Crippen LogP contribution in [0.15, 0.2) is 24.3 Å². The Balaban J connectivity index is 0.00000312. The number of hydrogen-bond acceptors (Lipinski definition) is 4. The summed E-state index contributed by atoms with van der Waals surface area (Å²) in [6, 6.07) is 6.46. The minimum atomic E-state index is -0.272. The molecule has 140 valence electrons. The number of ether oxygens (including phenoxy) is 1. The van der Waals surface area contributed by atoms with Crippen molar-refractivity contribution < 1.29 is 14.3 Å². The van der Waals surface area contributed by atoms with Gasteiger partial charge in [0.25, 0.3) is 0 Å². The SMILES string of the molecule is CC(N)C(C)C(=O)Nc1ccc(NC(=O)NCC2CCCO2)cc1.Cl.